The number of nitrogens with one attached hydrogen (secondary N) is 2. The number of aromatic nitrogens is 1. The highest BCUT2D eigenvalue weighted by Crippen LogP contribution is 2.30. The number of nitrogens with zero attached hydrogens (tertiary/aromatic N) is 2. The zero-order chi connectivity index (χ0) is 24.2. The summed E-state index contributed by atoms with van der Waals surface area (Å²) in [5, 5.41) is 4.14. The van der Waals surface area contributed by atoms with Gasteiger partial charge in [0.2, 0.25) is 0 Å². The van der Waals surface area contributed by atoms with Crippen LogP contribution in [0, 0.1) is 0 Å². The third-order valence-electron chi connectivity index (χ3n) is 5.87. The Labute approximate surface area is 197 Å². The van der Waals surface area contributed by atoms with Gasteiger partial charge in [-0.15, -0.1) is 0 Å². The van der Waals surface area contributed by atoms with Gasteiger partial charge in [-0.05, 0) is 62.3 Å². The van der Waals surface area contributed by atoms with Gasteiger partial charge in [0.25, 0.3) is 10.0 Å². The Hall–Kier alpha value is -2.69. The van der Waals surface area contributed by atoms with Crippen LogP contribution in [0.5, 0.6) is 0 Å². The van der Waals surface area contributed by atoms with E-state index < -0.39 is 21.8 Å². The lowest BCUT2D eigenvalue weighted by atomic mass is 10.1. The Kier molecular flexibility index (Phi) is 7.39. The van der Waals surface area contributed by atoms with Crippen LogP contribution in [-0.2, 0) is 22.7 Å². The Morgan fingerprint density at radius 3 is 2.38 bits per heavy atom. The van der Waals surface area contributed by atoms with Gasteiger partial charge in [0.15, 0.2) is 0 Å². The van der Waals surface area contributed by atoms with Gasteiger partial charge < -0.3 is 10.2 Å². The van der Waals surface area contributed by atoms with Gasteiger partial charge in [-0.25, -0.2) is 13.4 Å². The number of alkyl halides is 3. The maximum Gasteiger partial charge on any atom is 0.416 e. The normalized spacial score (nSPS) is 15.5. The molecule has 6 nitrogen and oxygen atoms in total. The number of likely N-dealkylation sites (tertiary alicyclic amines) is 1. The second kappa shape index (κ2) is 10.3. The van der Waals surface area contributed by atoms with Crippen LogP contribution in [0.25, 0.3) is 10.9 Å². The van der Waals surface area contributed by atoms with Crippen LogP contribution in [0.2, 0.25) is 0 Å². The molecule has 0 radical (unpaired) electrons. The van der Waals surface area contributed by atoms with Gasteiger partial charge in [-0.3, -0.25) is 4.72 Å². The van der Waals surface area contributed by atoms with E-state index in [0.717, 1.165) is 61.5 Å². The van der Waals surface area contributed by atoms with Gasteiger partial charge in [-0.2, -0.15) is 13.2 Å². The molecule has 0 saturated carbocycles. The van der Waals surface area contributed by atoms with E-state index in [0.29, 0.717) is 12.1 Å². The molecule has 4 rings (SSSR count). The molecule has 34 heavy (non-hydrogen) atoms. The number of fused-ring (bicyclic) bond motifs is 1. The molecule has 2 heterocycles. The summed E-state index contributed by atoms with van der Waals surface area (Å²) in [6.45, 7) is 4.63. The quantitative estimate of drug-likeness (QED) is 0.449. The fourth-order valence-corrected chi connectivity index (χ4v) is 5.10. The average molecular weight is 493 g/mol. The highest BCUT2D eigenvalue weighted by atomic mass is 32.2. The van der Waals surface area contributed by atoms with Crippen molar-refractivity contribution in [3.8, 4) is 0 Å². The third-order valence-corrected chi connectivity index (χ3v) is 7.26. The van der Waals surface area contributed by atoms with Crippen molar-refractivity contribution in [3.63, 3.8) is 0 Å². The molecule has 2 N–H and O–H groups in total. The molecule has 0 spiro atoms. The third kappa shape index (κ3) is 6.05. The van der Waals surface area contributed by atoms with Crippen molar-refractivity contribution < 1.29 is 21.6 Å². The molecule has 1 aliphatic heterocycles. The first-order chi connectivity index (χ1) is 16.2. The molecule has 1 aliphatic rings. The van der Waals surface area contributed by atoms with E-state index >= 15 is 0 Å². The van der Waals surface area contributed by atoms with E-state index in [2.05, 4.69) is 19.9 Å². The maximum absolute atomic E-state index is 12.8. The second-order valence-corrected chi connectivity index (χ2v) is 10.1. The van der Waals surface area contributed by atoms with Crippen LogP contribution in [0.4, 0.5) is 18.9 Å². The van der Waals surface area contributed by atoms with Crippen molar-refractivity contribution >= 4 is 26.6 Å². The summed E-state index contributed by atoms with van der Waals surface area (Å²) in [5.41, 5.74) is 0.615. The standard InChI is InChI=1S/C24H27F3N4O2S/c25-24(26,27)19-8-11-21(12-9-19)34(32,33)30-22-6-4-5-18-7-10-20(29-23(18)22)17-28-13-16-31-14-2-1-3-15-31/h4-12,28,30H,1-3,13-17H2. The lowest BCUT2D eigenvalue weighted by molar-refractivity contribution is -0.137. The van der Waals surface area contributed by atoms with Crippen molar-refractivity contribution in [2.45, 2.75) is 36.9 Å². The molecule has 0 unspecified atom stereocenters. The van der Waals surface area contributed by atoms with Crippen LogP contribution in [-0.4, -0.2) is 44.5 Å². The van der Waals surface area contributed by atoms with E-state index in [9.17, 15) is 21.6 Å². The largest absolute Gasteiger partial charge is 0.416 e. The second-order valence-electron chi connectivity index (χ2n) is 8.39. The predicted octanol–water partition coefficient (Wildman–Crippen LogP) is 4.63. The van der Waals surface area contributed by atoms with Gasteiger partial charge in [0.1, 0.15) is 0 Å². The Morgan fingerprint density at radius 2 is 1.68 bits per heavy atom. The number of piperidine rings is 1. The van der Waals surface area contributed by atoms with Gasteiger partial charge in [0, 0.05) is 25.0 Å². The molecule has 0 atom stereocenters. The molecule has 0 bridgehead atoms. The van der Waals surface area contributed by atoms with Gasteiger partial charge >= 0.3 is 6.18 Å². The Balaban J connectivity index is 1.46. The maximum atomic E-state index is 12.8. The van der Waals surface area contributed by atoms with Gasteiger partial charge in [0.05, 0.1) is 27.4 Å². The SMILES string of the molecule is O=S(=O)(Nc1cccc2ccc(CNCCN3CCCCC3)nc12)c1ccc(C(F)(F)F)cc1. The number of pyridine rings is 1. The first-order valence-corrected chi connectivity index (χ1v) is 12.7. The first-order valence-electron chi connectivity index (χ1n) is 11.2. The summed E-state index contributed by atoms with van der Waals surface area (Å²) in [5.74, 6) is 0. The van der Waals surface area contributed by atoms with Crippen molar-refractivity contribution in [2.24, 2.45) is 0 Å². The Bertz CT molecular complexity index is 1230. The molecule has 3 aromatic rings. The van der Waals surface area contributed by atoms with E-state index in [1.54, 1.807) is 12.1 Å². The smallest absolute Gasteiger partial charge is 0.310 e. The van der Waals surface area contributed by atoms with E-state index in [1.807, 2.05) is 18.2 Å². The fourth-order valence-electron chi connectivity index (χ4n) is 4.03. The summed E-state index contributed by atoms with van der Waals surface area (Å²) < 4.78 is 66.5. The molecule has 1 aromatic heterocycles. The number of hydrogen-bond donors (Lipinski definition) is 2. The fraction of sp³-hybridized carbons (Fsp3) is 0.375. The van der Waals surface area contributed by atoms with Crippen molar-refractivity contribution in [3.05, 3.63) is 65.9 Å². The molecule has 0 aliphatic carbocycles. The lowest BCUT2D eigenvalue weighted by Crippen LogP contribution is -2.35. The van der Waals surface area contributed by atoms with E-state index in [4.69, 9.17) is 0 Å². The first kappa shape index (κ1) is 24.4. The number of benzene rings is 2. The highest BCUT2D eigenvalue weighted by Gasteiger charge is 2.30. The number of hydrogen-bond acceptors (Lipinski definition) is 5. The van der Waals surface area contributed by atoms with Crippen molar-refractivity contribution in [1.82, 2.24) is 15.2 Å². The minimum Gasteiger partial charge on any atom is -0.310 e. The van der Waals surface area contributed by atoms with Crippen molar-refractivity contribution in [1.29, 1.82) is 0 Å². The van der Waals surface area contributed by atoms with Crippen LogP contribution in [0.15, 0.2) is 59.5 Å². The lowest BCUT2D eigenvalue weighted by Gasteiger charge is -2.26. The number of halogens is 3. The summed E-state index contributed by atoms with van der Waals surface area (Å²) in [6, 6.07) is 12.3. The molecule has 10 heteroatoms. The van der Waals surface area contributed by atoms with Crippen LogP contribution in [0.1, 0.15) is 30.5 Å². The molecule has 1 saturated heterocycles. The summed E-state index contributed by atoms with van der Waals surface area (Å²) in [4.78, 5) is 6.82. The molecule has 1 fully saturated rings. The van der Waals surface area contributed by atoms with E-state index in [1.165, 1.54) is 19.3 Å². The van der Waals surface area contributed by atoms with Crippen molar-refractivity contribution in [2.75, 3.05) is 30.9 Å². The number of rotatable bonds is 8. The monoisotopic (exact) mass is 492 g/mol. The molecular weight excluding hydrogens is 465 g/mol. The van der Waals surface area contributed by atoms with Crippen LogP contribution >= 0.6 is 0 Å². The van der Waals surface area contributed by atoms with E-state index in [-0.39, 0.29) is 10.6 Å². The molecule has 2 aromatic carbocycles. The van der Waals surface area contributed by atoms with Gasteiger partial charge in [-0.1, -0.05) is 24.6 Å². The summed E-state index contributed by atoms with van der Waals surface area (Å²) >= 11 is 0. The molecular formula is C24H27F3N4O2S. The number of anilines is 1. The molecule has 182 valence electrons. The summed E-state index contributed by atoms with van der Waals surface area (Å²) in [6.07, 6.45) is -0.738. The summed E-state index contributed by atoms with van der Waals surface area (Å²) in [7, 11) is -4.09. The zero-order valence-electron chi connectivity index (χ0n) is 18.6. The van der Waals surface area contributed by atoms with Crippen LogP contribution in [0.3, 0.4) is 0 Å². The predicted molar refractivity (Wildman–Crippen MR) is 126 cm³/mol. The highest BCUT2D eigenvalue weighted by molar-refractivity contribution is 7.92. The average Bonchev–Trinajstić information content (AvgIpc) is 2.82. The zero-order valence-corrected chi connectivity index (χ0v) is 19.4. The Morgan fingerprint density at radius 1 is 0.941 bits per heavy atom. The molecule has 0 amide bonds. The van der Waals surface area contributed by atoms with Crippen LogP contribution < -0.4 is 10.0 Å². The number of para-hydroxylation sites is 1. The minimum atomic E-state index is -4.53. The topological polar surface area (TPSA) is 74.3 Å². The minimum absolute atomic E-state index is 0.256. The number of sulfonamides is 1.